The summed E-state index contributed by atoms with van der Waals surface area (Å²) in [5, 5.41) is 5.19. The number of hydrogen-bond acceptors (Lipinski definition) is 4. The molecule has 0 unspecified atom stereocenters. The Hall–Kier alpha value is -0.910. The molecule has 0 bridgehead atoms. The monoisotopic (exact) mass is 240 g/mol. The lowest BCUT2D eigenvalue weighted by Gasteiger charge is -2.27. The topological polar surface area (TPSA) is 41.6 Å². The molecule has 1 saturated heterocycles. The number of carbonyl (C=O) groups is 1. The van der Waals surface area contributed by atoms with Crippen molar-refractivity contribution in [2.45, 2.75) is 6.61 Å². The second-order valence-corrected chi connectivity index (χ2v) is 4.67. The molecule has 0 spiro atoms. The van der Waals surface area contributed by atoms with Gasteiger partial charge in [-0.2, -0.15) is 0 Å². The Balaban J connectivity index is 2.09. The van der Waals surface area contributed by atoms with Gasteiger partial charge in [0.2, 0.25) is 0 Å². The SMILES string of the molecule is COCc1ccsc1C(=O)N1CCNCC1. The fraction of sp³-hybridized carbons (Fsp3) is 0.545. The maximum Gasteiger partial charge on any atom is 0.264 e. The number of nitrogens with zero attached hydrogens (tertiary/aromatic N) is 1. The summed E-state index contributed by atoms with van der Waals surface area (Å²) in [7, 11) is 1.65. The molecule has 5 heteroatoms. The van der Waals surface area contributed by atoms with Gasteiger partial charge in [-0.15, -0.1) is 11.3 Å². The van der Waals surface area contributed by atoms with Gasteiger partial charge in [0, 0.05) is 38.9 Å². The highest BCUT2D eigenvalue weighted by atomic mass is 32.1. The maximum absolute atomic E-state index is 12.2. The van der Waals surface area contributed by atoms with E-state index in [9.17, 15) is 4.79 Å². The number of rotatable bonds is 3. The van der Waals surface area contributed by atoms with Crippen molar-refractivity contribution < 1.29 is 9.53 Å². The molecule has 1 N–H and O–H groups in total. The van der Waals surface area contributed by atoms with Crippen molar-refractivity contribution >= 4 is 17.2 Å². The van der Waals surface area contributed by atoms with Gasteiger partial charge >= 0.3 is 0 Å². The zero-order valence-electron chi connectivity index (χ0n) is 9.36. The van der Waals surface area contributed by atoms with Crippen LogP contribution in [0, 0.1) is 0 Å². The van der Waals surface area contributed by atoms with E-state index in [1.165, 1.54) is 11.3 Å². The first kappa shape index (κ1) is 11.6. The minimum absolute atomic E-state index is 0.142. The molecule has 0 aromatic carbocycles. The highest BCUT2D eigenvalue weighted by Crippen LogP contribution is 2.20. The second kappa shape index (κ2) is 5.43. The number of methoxy groups -OCH3 is 1. The Kier molecular flexibility index (Phi) is 3.93. The molecule has 2 heterocycles. The lowest BCUT2D eigenvalue weighted by Crippen LogP contribution is -2.46. The number of thiophene rings is 1. The third kappa shape index (κ3) is 2.42. The summed E-state index contributed by atoms with van der Waals surface area (Å²) >= 11 is 1.50. The zero-order chi connectivity index (χ0) is 11.4. The predicted molar refractivity (Wildman–Crippen MR) is 63.8 cm³/mol. The Morgan fingerprint density at radius 3 is 3.00 bits per heavy atom. The fourth-order valence-corrected chi connectivity index (χ4v) is 2.68. The van der Waals surface area contributed by atoms with E-state index in [1.54, 1.807) is 7.11 Å². The largest absolute Gasteiger partial charge is 0.380 e. The van der Waals surface area contributed by atoms with Crippen LogP contribution in [0.3, 0.4) is 0 Å². The van der Waals surface area contributed by atoms with Gasteiger partial charge in [-0.25, -0.2) is 0 Å². The first-order valence-electron chi connectivity index (χ1n) is 5.38. The molecule has 1 aliphatic heterocycles. The lowest BCUT2D eigenvalue weighted by molar-refractivity contribution is 0.0736. The second-order valence-electron chi connectivity index (χ2n) is 3.75. The third-order valence-corrected chi connectivity index (χ3v) is 3.59. The molecule has 4 nitrogen and oxygen atoms in total. The van der Waals surface area contributed by atoms with Crippen LogP contribution in [0.1, 0.15) is 15.2 Å². The quantitative estimate of drug-likeness (QED) is 0.855. The molecule has 1 aromatic rings. The Bertz CT molecular complexity index is 359. The molecule has 0 aliphatic carbocycles. The van der Waals surface area contributed by atoms with Crippen molar-refractivity contribution in [3.05, 3.63) is 21.9 Å². The van der Waals surface area contributed by atoms with Crippen LogP contribution < -0.4 is 5.32 Å². The molecule has 1 aliphatic rings. The summed E-state index contributed by atoms with van der Waals surface area (Å²) < 4.78 is 5.09. The highest BCUT2D eigenvalue weighted by molar-refractivity contribution is 7.12. The van der Waals surface area contributed by atoms with Crippen LogP contribution >= 0.6 is 11.3 Å². The predicted octanol–water partition coefficient (Wildman–Crippen LogP) is 0.940. The van der Waals surface area contributed by atoms with Gasteiger partial charge in [0.1, 0.15) is 0 Å². The Morgan fingerprint density at radius 1 is 1.56 bits per heavy atom. The molecule has 0 saturated carbocycles. The molecule has 16 heavy (non-hydrogen) atoms. The number of piperazine rings is 1. The number of carbonyl (C=O) groups excluding carboxylic acids is 1. The van der Waals surface area contributed by atoms with Gasteiger partial charge in [0.05, 0.1) is 11.5 Å². The van der Waals surface area contributed by atoms with E-state index in [0.717, 1.165) is 36.6 Å². The minimum Gasteiger partial charge on any atom is -0.380 e. The van der Waals surface area contributed by atoms with E-state index >= 15 is 0 Å². The molecule has 2 rings (SSSR count). The normalized spacial score (nSPS) is 16.4. The van der Waals surface area contributed by atoms with Crippen molar-refractivity contribution in [1.29, 1.82) is 0 Å². The summed E-state index contributed by atoms with van der Waals surface area (Å²) in [6.45, 7) is 3.87. The molecule has 1 aromatic heterocycles. The summed E-state index contributed by atoms with van der Waals surface area (Å²) in [4.78, 5) is 14.9. The number of hydrogen-bond donors (Lipinski definition) is 1. The van der Waals surface area contributed by atoms with Crippen LogP contribution in [0.25, 0.3) is 0 Å². The smallest absolute Gasteiger partial charge is 0.264 e. The van der Waals surface area contributed by atoms with E-state index in [0.29, 0.717) is 6.61 Å². The van der Waals surface area contributed by atoms with E-state index < -0.39 is 0 Å². The van der Waals surface area contributed by atoms with Crippen molar-refractivity contribution in [2.24, 2.45) is 0 Å². The minimum atomic E-state index is 0.142. The third-order valence-electron chi connectivity index (χ3n) is 2.65. The summed E-state index contributed by atoms with van der Waals surface area (Å²) in [5.74, 6) is 0.142. The standard InChI is InChI=1S/C11H16N2O2S/c1-15-8-9-2-7-16-10(9)11(14)13-5-3-12-4-6-13/h2,7,12H,3-6,8H2,1H3. The van der Waals surface area contributed by atoms with E-state index in [1.807, 2.05) is 16.3 Å². The van der Waals surface area contributed by atoms with Gasteiger partial charge in [-0.1, -0.05) is 0 Å². The van der Waals surface area contributed by atoms with Crippen LogP contribution in [-0.2, 0) is 11.3 Å². The maximum atomic E-state index is 12.2. The van der Waals surface area contributed by atoms with Gasteiger partial charge in [0.25, 0.3) is 5.91 Å². The van der Waals surface area contributed by atoms with E-state index in [2.05, 4.69) is 5.32 Å². The summed E-state index contributed by atoms with van der Waals surface area (Å²) in [6, 6.07) is 1.96. The first-order chi connectivity index (χ1) is 7.83. The summed E-state index contributed by atoms with van der Waals surface area (Å²) in [5.41, 5.74) is 0.996. The van der Waals surface area contributed by atoms with Crippen molar-refractivity contribution in [1.82, 2.24) is 10.2 Å². The van der Waals surface area contributed by atoms with Gasteiger partial charge in [-0.05, 0) is 11.4 Å². The molecular weight excluding hydrogens is 224 g/mol. The number of amides is 1. The number of nitrogens with one attached hydrogen (secondary N) is 1. The summed E-state index contributed by atoms with van der Waals surface area (Å²) in [6.07, 6.45) is 0. The lowest BCUT2D eigenvalue weighted by atomic mass is 10.2. The average Bonchev–Trinajstić information content (AvgIpc) is 2.78. The molecule has 88 valence electrons. The van der Waals surface area contributed by atoms with Gasteiger partial charge in [0.15, 0.2) is 0 Å². The molecule has 0 atom stereocenters. The zero-order valence-corrected chi connectivity index (χ0v) is 10.2. The fourth-order valence-electron chi connectivity index (χ4n) is 1.80. The number of ether oxygens (including phenoxy) is 1. The van der Waals surface area contributed by atoms with Gasteiger partial charge < -0.3 is 15.0 Å². The molecule has 0 radical (unpaired) electrons. The van der Waals surface area contributed by atoms with Crippen LogP contribution in [-0.4, -0.2) is 44.1 Å². The molecule has 1 amide bonds. The highest BCUT2D eigenvalue weighted by Gasteiger charge is 2.21. The van der Waals surface area contributed by atoms with Crippen LogP contribution in [0.2, 0.25) is 0 Å². The van der Waals surface area contributed by atoms with Crippen LogP contribution in [0.4, 0.5) is 0 Å². The average molecular weight is 240 g/mol. The van der Waals surface area contributed by atoms with Crippen LogP contribution in [0.5, 0.6) is 0 Å². The van der Waals surface area contributed by atoms with Gasteiger partial charge in [-0.3, -0.25) is 4.79 Å². The van der Waals surface area contributed by atoms with Crippen LogP contribution in [0.15, 0.2) is 11.4 Å². The van der Waals surface area contributed by atoms with E-state index in [-0.39, 0.29) is 5.91 Å². The van der Waals surface area contributed by atoms with E-state index in [4.69, 9.17) is 4.74 Å². The molecular formula is C11H16N2O2S. The molecule has 1 fully saturated rings. The first-order valence-corrected chi connectivity index (χ1v) is 6.26. The Morgan fingerprint density at radius 2 is 2.31 bits per heavy atom. The van der Waals surface area contributed by atoms with Crippen molar-refractivity contribution in [3.8, 4) is 0 Å². The van der Waals surface area contributed by atoms with Crippen molar-refractivity contribution in [3.63, 3.8) is 0 Å². The van der Waals surface area contributed by atoms with Crippen molar-refractivity contribution in [2.75, 3.05) is 33.3 Å². The Labute approximate surface area is 99.2 Å².